The second-order valence-corrected chi connectivity index (χ2v) is 8.73. The van der Waals surface area contributed by atoms with Crippen molar-refractivity contribution in [2.45, 2.75) is 30.1 Å². The van der Waals surface area contributed by atoms with E-state index >= 15 is 0 Å². The normalized spacial score (nSPS) is 19.7. The number of aromatic nitrogens is 1. The molecule has 0 aromatic carbocycles. The lowest BCUT2D eigenvalue weighted by atomic mass is 9.83. The monoisotopic (exact) mass is 387 g/mol. The molecule has 2 fully saturated rings. The molecule has 1 aliphatic heterocycles. The summed E-state index contributed by atoms with van der Waals surface area (Å²) in [5.41, 5.74) is 0.619. The molecule has 0 atom stereocenters. The van der Waals surface area contributed by atoms with Gasteiger partial charge in [0, 0.05) is 45.4 Å². The molecule has 1 aliphatic carbocycles. The van der Waals surface area contributed by atoms with Crippen LogP contribution in [0.25, 0.3) is 0 Å². The molecule has 0 N–H and O–H groups in total. The summed E-state index contributed by atoms with van der Waals surface area (Å²) in [6, 6.07) is 1.50. The molecular formula is C16H22ClN3O4S. The quantitative estimate of drug-likeness (QED) is 0.764. The van der Waals surface area contributed by atoms with Gasteiger partial charge in [-0.15, -0.1) is 0 Å². The number of halogens is 1. The van der Waals surface area contributed by atoms with Crippen LogP contribution in [0.2, 0.25) is 5.02 Å². The second kappa shape index (κ2) is 7.57. The number of nitrogens with zero attached hydrogens (tertiary/aromatic N) is 3. The van der Waals surface area contributed by atoms with E-state index in [0.717, 1.165) is 19.3 Å². The van der Waals surface area contributed by atoms with Crippen LogP contribution in [0.5, 0.6) is 0 Å². The Hall–Kier alpha value is -1.22. The third-order valence-electron chi connectivity index (χ3n) is 4.82. The van der Waals surface area contributed by atoms with Crippen molar-refractivity contribution in [3.8, 4) is 0 Å². The summed E-state index contributed by atoms with van der Waals surface area (Å²) in [6.07, 6.45) is 4.51. The molecule has 25 heavy (non-hydrogen) atoms. The predicted molar refractivity (Wildman–Crippen MR) is 93.1 cm³/mol. The molecule has 2 aliphatic rings. The van der Waals surface area contributed by atoms with E-state index in [0.29, 0.717) is 23.8 Å². The van der Waals surface area contributed by atoms with Crippen LogP contribution in [-0.2, 0) is 19.6 Å². The Balaban J connectivity index is 1.79. The highest BCUT2D eigenvalue weighted by Gasteiger charge is 2.35. The highest BCUT2D eigenvalue weighted by atomic mass is 35.5. The Morgan fingerprint density at radius 2 is 2.00 bits per heavy atom. The molecule has 2 heterocycles. The van der Waals surface area contributed by atoms with Crippen molar-refractivity contribution in [1.29, 1.82) is 0 Å². The second-order valence-electron chi connectivity index (χ2n) is 6.38. The van der Waals surface area contributed by atoms with Gasteiger partial charge >= 0.3 is 0 Å². The van der Waals surface area contributed by atoms with Crippen LogP contribution in [0.15, 0.2) is 17.2 Å². The number of hydrogen-bond acceptors (Lipinski definition) is 5. The number of sulfonamides is 1. The molecule has 0 unspecified atom stereocenters. The van der Waals surface area contributed by atoms with Crippen LogP contribution < -0.4 is 0 Å². The minimum atomic E-state index is -3.68. The fourth-order valence-electron chi connectivity index (χ4n) is 3.16. The molecule has 1 aromatic rings. The maximum Gasteiger partial charge on any atom is 0.248 e. The number of carbonyl (C=O) groups is 1. The number of amides is 1. The summed E-state index contributed by atoms with van der Waals surface area (Å²) in [4.78, 5) is 18.0. The zero-order valence-corrected chi connectivity index (χ0v) is 15.7. The minimum absolute atomic E-state index is 0.0107. The van der Waals surface area contributed by atoms with Gasteiger partial charge in [0.15, 0.2) is 0 Å². The van der Waals surface area contributed by atoms with Crippen molar-refractivity contribution in [2.75, 3.05) is 39.9 Å². The van der Waals surface area contributed by atoms with Gasteiger partial charge in [-0.25, -0.2) is 8.42 Å². The van der Waals surface area contributed by atoms with Gasteiger partial charge in [-0.2, -0.15) is 4.31 Å². The van der Waals surface area contributed by atoms with Crippen LogP contribution in [0.4, 0.5) is 0 Å². The first-order chi connectivity index (χ1) is 11.9. The lowest BCUT2D eigenvalue weighted by molar-refractivity contribution is -0.136. The smallest absolute Gasteiger partial charge is 0.248 e. The van der Waals surface area contributed by atoms with Crippen molar-refractivity contribution >= 4 is 27.5 Å². The average Bonchev–Trinajstić information content (AvgIpc) is 2.55. The summed E-state index contributed by atoms with van der Waals surface area (Å²) in [5.74, 6) is 0.0609. The maximum atomic E-state index is 13.1. The SMILES string of the molecule is COCC(=O)N1CCN(S(=O)(=O)c2cc(Cl)cnc2C2CCC2)CC1. The van der Waals surface area contributed by atoms with Crippen LogP contribution in [0, 0.1) is 0 Å². The van der Waals surface area contributed by atoms with Crippen molar-refractivity contribution in [2.24, 2.45) is 0 Å². The predicted octanol–water partition coefficient (Wildman–Crippen LogP) is 1.48. The summed E-state index contributed by atoms with van der Waals surface area (Å²) in [5, 5.41) is 0.315. The summed E-state index contributed by atoms with van der Waals surface area (Å²) in [7, 11) is -2.22. The van der Waals surface area contributed by atoms with Crippen LogP contribution >= 0.6 is 11.6 Å². The molecule has 0 bridgehead atoms. The summed E-state index contributed by atoms with van der Waals surface area (Å²) < 4.78 is 32.5. The zero-order chi connectivity index (χ0) is 18.0. The number of pyridine rings is 1. The van der Waals surface area contributed by atoms with E-state index in [1.54, 1.807) is 4.90 Å². The van der Waals surface area contributed by atoms with E-state index in [1.807, 2.05) is 0 Å². The van der Waals surface area contributed by atoms with Gasteiger partial charge in [-0.05, 0) is 18.9 Å². The van der Waals surface area contributed by atoms with Crippen LogP contribution in [-0.4, -0.2) is 68.4 Å². The Bertz CT molecular complexity index is 744. The van der Waals surface area contributed by atoms with Gasteiger partial charge in [0.25, 0.3) is 0 Å². The van der Waals surface area contributed by atoms with Gasteiger partial charge in [0.1, 0.15) is 11.5 Å². The van der Waals surface area contributed by atoms with Gasteiger partial charge in [0.2, 0.25) is 15.9 Å². The topological polar surface area (TPSA) is 79.8 Å². The number of hydrogen-bond donors (Lipinski definition) is 0. The Morgan fingerprint density at radius 3 is 2.56 bits per heavy atom. The van der Waals surface area contributed by atoms with Gasteiger partial charge in [0.05, 0.1) is 10.7 Å². The Morgan fingerprint density at radius 1 is 1.32 bits per heavy atom. The standard InChI is InChI=1S/C16H22ClN3O4S/c1-24-11-15(21)19-5-7-20(8-6-19)25(22,23)14-9-13(17)10-18-16(14)12-3-2-4-12/h9-10,12H,2-8,11H2,1H3. The van der Waals surface area contributed by atoms with E-state index in [4.69, 9.17) is 16.3 Å². The molecule has 3 rings (SSSR count). The van der Waals surface area contributed by atoms with Gasteiger partial charge in [-0.1, -0.05) is 18.0 Å². The zero-order valence-electron chi connectivity index (χ0n) is 14.1. The highest BCUT2D eigenvalue weighted by molar-refractivity contribution is 7.89. The number of methoxy groups -OCH3 is 1. The molecule has 7 nitrogen and oxygen atoms in total. The maximum absolute atomic E-state index is 13.1. The van der Waals surface area contributed by atoms with E-state index < -0.39 is 10.0 Å². The molecule has 1 amide bonds. The lowest BCUT2D eigenvalue weighted by Gasteiger charge is -2.35. The molecule has 1 saturated carbocycles. The van der Waals surface area contributed by atoms with Crippen molar-refractivity contribution < 1.29 is 17.9 Å². The number of ether oxygens (including phenoxy) is 1. The largest absolute Gasteiger partial charge is 0.375 e. The molecule has 9 heteroatoms. The van der Waals surface area contributed by atoms with Crippen molar-refractivity contribution in [1.82, 2.24) is 14.2 Å². The first-order valence-corrected chi connectivity index (χ1v) is 10.2. The number of carbonyl (C=O) groups excluding carboxylic acids is 1. The molecule has 138 valence electrons. The molecule has 0 spiro atoms. The van der Waals surface area contributed by atoms with E-state index in [9.17, 15) is 13.2 Å². The van der Waals surface area contributed by atoms with Crippen molar-refractivity contribution in [3.63, 3.8) is 0 Å². The third kappa shape index (κ3) is 3.81. The number of rotatable bonds is 5. The Labute approximate surface area is 153 Å². The number of piperazine rings is 1. The van der Waals surface area contributed by atoms with E-state index in [-0.39, 0.29) is 36.4 Å². The van der Waals surface area contributed by atoms with Gasteiger partial charge in [-0.3, -0.25) is 9.78 Å². The van der Waals surface area contributed by atoms with Crippen LogP contribution in [0.3, 0.4) is 0 Å². The van der Waals surface area contributed by atoms with Gasteiger partial charge < -0.3 is 9.64 Å². The third-order valence-corrected chi connectivity index (χ3v) is 6.95. The molecule has 1 saturated heterocycles. The lowest BCUT2D eigenvalue weighted by Crippen LogP contribution is -2.51. The fraction of sp³-hybridized carbons (Fsp3) is 0.625. The van der Waals surface area contributed by atoms with Crippen LogP contribution in [0.1, 0.15) is 30.9 Å². The summed E-state index contributed by atoms with van der Waals surface area (Å²) in [6.45, 7) is 1.24. The molecule has 1 aromatic heterocycles. The molecular weight excluding hydrogens is 366 g/mol. The fourth-order valence-corrected chi connectivity index (χ4v) is 5.06. The van der Waals surface area contributed by atoms with E-state index in [1.165, 1.54) is 23.7 Å². The minimum Gasteiger partial charge on any atom is -0.375 e. The van der Waals surface area contributed by atoms with Crippen molar-refractivity contribution in [3.05, 3.63) is 23.0 Å². The highest BCUT2D eigenvalue weighted by Crippen LogP contribution is 2.39. The molecule has 0 radical (unpaired) electrons. The first-order valence-electron chi connectivity index (χ1n) is 8.36. The Kier molecular flexibility index (Phi) is 5.62. The summed E-state index contributed by atoms with van der Waals surface area (Å²) >= 11 is 6.01. The first kappa shape index (κ1) is 18.6. The average molecular weight is 388 g/mol. The van der Waals surface area contributed by atoms with E-state index in [2.05, 4.69) is 4.98 Å².